The van der Waals surface area contributed by atoms with Crippen LogP contribution in [0.25, 0.3) is 0 Å². The number of nitrogens with one attached hydrogen (secondary N) is 2. The van der Waals surface area contributed by atoms with Crippen LogP contribution < -0.4 is 10.6 Å². The average Bonchev–Trinajstić information content (AvgIpc) is 2.82. The molecule has 1 heterocycles. The van der Waals surface area contributed by atoms with Crippen molar-refractivity contribution in [1.29, 1.82) is 0 Å². The minimum absolute atomic E-state index is 0.228. The molecule has 0 aliphatic rings. The molecule has 0 aromatic carbocycles. The highest BCUT2D eigenvalue weighted by Crippen LogP contribution is 2.07. The first-order valence-electron chi connectivity index (χ1n) is 5.45. The van der Waals surface area contributed by atoms with Gasteiger partial charge < -0.3 is 24.5 Å². The van der Waals surface area contributed by atoms with Crippen molar-refractivity contribution < 1.29 is 23.5 Å². The Kier molecular flexibility index (Phi) is 5.56. The average molecular weight is 256 g/mol. The van der Waals surface area contributed by atoms with Crippen molar-refractivity contribution in [3.63, 3.8) is 0 Å². The monoisotopic (exact) mass is 256 g/mol. The molecular weight excluding hydrogens is 240 g/mol. The van der Waals surface area contributed by atoms with Gasteiger partial charge in [0.2, 0.25) is 0 Å². The van der Waals surface area contributed by atoms with Gasteiger partial charge in [-0.15, -0.1) is 0 Å². The molecule has 0 bridgehead atoms. The molecule has 0 saturated heterocycles. The van der Waals surface area contributed by atoms with Gasteiger partial charge in [-0.25, -0.2) is 9.59 Å². The summed E-state index contributed by atoms with van der Waals surface area (Å²) in [7, 11) is 1.28. The Hall–Kier alpha value is -2.18. The quantitative estimate of drug-likeness (QED) is 0.830. The SMILES string of the molecule is CCOC(=O)NCc1ccc(CNC(=O)OC)o1. The van der Waals surface area contributed by atoms with E-state index in [1.165, 1.54) is 7.11 Å². The fourth-order valence-electron chi connectivity index (χ4n) is 1.19. The summed E-state index contributed by atoms with van der Waals surface area (Å²) in [5, 5.41) is 5.00. The zero-order valence-corrected chi connectivity index (χ0v) is 10.3. The van der Waals surface area contributed by atoms with E-state index in [4.69, 9.17) is 9.15 Å². The molecule has 7 nitrogen and oxygen atoms in total. The zero-order chi connectivity index (χ0) is 13.4. The lowest BCUT2D eigenvalue weighted by Gasteiger charge is -2.03. The highest BCUT2D eigenvalue weighted by molar-refractivity contribution is 5.67. The highest BCUT2D eigenvalue weighted by atomic mass is 16.5. The van der Waals surface area contributed by atoms with Crippen molar-refractivity contribution in [3.05, 3.63) is 23.7 Å². The summed E-state index contributed by atoms with van der Waals surface area (Å²) < 4.78 is 14.5. The fraction of sp³-hybridized carbons (Fsp3) is 0.455. The first-order chi connectivity index (χ1) is 8.65. The molecule has 0 radical (unpaired) electrons. The molecule has 0 spiro atoms. The predicted molar refractivity (Wildman–Crippen MR) is 61.8 cm³/mol. The van der Waals surface area contributed by atoms with Gasteiger partial charge in [-0.05, 0) is 19.1 Å². The number of rotatable bonds is 5. The molecule has 100 valence electrons. The van der Waals surface area contributed by atoms with Crippen molar-refractivity contribution in [1.82, 2.24) is 10.6 Å². The number of hydrogen-bond acceptors (Lipinski definition) is 5. The first kappa shape index (κ1) is 13.9. The third kappa shape index (κ3) is 4.77. The first-order valence-corrected chi connectivity index (χ1v) is 5.45. The molecule has 1 aromatic rings. The molecule has 0 aliphatic carbocycles. The third-order valence-electron chi connectivity index (χ3n) is 1.99. The minimum Gasteiger partial charge on any atom is -0.462 e. The lowest BCUT2D eigenvalue weighted by Crippen LogP contribution is -2.23. The van der Waals surface area contributed by atoms with Crippen LogP contribution in [-0.2, 0) is 22.6 Å². The van der Waals surface area contributed by atoms with Crippen molar-refractivity contribution >= 4 is 12.2 Å². The lowest BCUT2D eigenvalue weighted by atomic mass is 10.4. The Morgan fingerprint density at radius 2 is 1.72 bits per heavy atom. The Balaban J connectivity index is 2.34. The summed E-state index contributed by atoms with van der Waals surface area (Å²) >= 11 is 0. The molecule has 0 fully saturated rings. The molecule has 1 aromatic heterocycles. The van der Waals surface area contributed by atoms with E-state index in [-0.39, 0.29) is 13.1 Å². The van der Waals surface area contributed by atoms with Gasteiger partial charge in [-0.1, -0.05) is 0 Å². The maximum Gasteiger partial charge on any atom is 0.407 e. The zero-order valence-electron chi connectivity index (χ0n) is 10.3. The van der Waals surface area contributed by atoms with Gasteiger partial charge in [-0.2, -0.15) is 0 Å². The molecule has 2 amide bonds. The van der Waals surface area contributed by atoms with Gasteiger partial charge in [0.1, 0.15) is 11.5 Å². The highest BCUT2D eigenvalue weighted by Gasteiger charge is 2.06. The van der Waals surface area contributed by atoms with Crippen LogP contribution in [0.2, 0.25) is 0 Å². The number of carbonyl (C=O) groups excluding carboxylic acids is 2. The fourth-order valence-corrected chi connectivity index (χ4v) is 1.19. The van der Waals surface area contributed by atoms with E-state index < -0.39 is 12.2 Å². The number of amides is 2. The largest absolute Gasteiger partial charge is 0.462 e. The number of methoxy groups -OCH3 is 1. The van der Waals surface area contributed by atoms with E-state index >= 15 is 0 Å². The second-order valence-electron chi connectivity index (χ2n) is 3.29. The van der Waals surface area contributed by atoms with Crippen LogP contribution in [0.5, 0.6) is 0 Å². The van der Waals surface area contributed by atoms with Crippen LogP contribution in [0.1, 0.15) is 18.4 Å². The summed E-state index contributed by atoms with van der Waals surface area (Å²) in [6.07, 6.45) is -1.03. The Morgan fingerprint density at radius 3 is 2.22 bits per heavy atom. The number of ether oxygens (including phenoxy) is 2. The maximum atomic E-state index is 11.0. The van der Waals surface area contributed by atoms with Crippen molar-refractivity contribution in [2.45, 2.75) is 20.0 Å². The maximum absolute atomic E-state index is 11.0. The molecular formula is C11H16N2O5. The second kappa shape index (κ2) is 7.21. The standard InChI is InChI=1S/C11H16N2O5/c1-3-17-11(15)13-7-9-5-4-8(18-9)6-12-10(14)16-2/h4-5H,3,6-7H2,1-2H3,(H,12,14)(H,13,15). The Bertz CT molecular complexity index is 402. The van der Waals surface area contributed by atoms with E-state index in [9.17, 15) is 9.59 Å². The molecule has 1 rings (SSSR count). The smallest absolute Gasteiger partial charge is 0.407 e. The molecule has 0 unspecified atom stereocenters. The summed E-state index contributed by atoms with van der Waals surface area (Å²) in [6, 6.07) is 3.42. The molecule has 2 N–H and O–H groups in total. The lowest BCUT2D eigenvalue weighted by molar-refractivity contribution is 0.151. The predicted octanol–water partition coefficient (Wildman–Crippen LogP) is 1.38. The molecule has 0 atom stereocenters. The van der Waals surface area contributed by atoms with Crippen molar-refractivity contribution in [3.8, 4) is 0 Å². The van der Waals surface area contributed by atoms with Gasteiger partial charge in [0.25, 0.3) is 0 Å². The Morgan fingerprint density at radius 1 is 1.17 bits per heavy atom. The Labute approximate surface area is 104 Å². The van der Waals surface area contributed by atoms with Crippen LogP contribution in [0.15, 0.2) is 16.5 Å². The van der Waals surface area contributed by atoms with Gasteiger partial charge in [0.05, 0.1) is 26.8 Å². The molecule has 0 aliphatic heterocycles. The van der Waals surface area contributed by atoms with Gasteiger partial charge in [-0.3, -0.25) is 0 Å². The van der Waals surface area contributed by atoms with Gasteiger partial charge >= 0.3 is 12.2 Å². The van der Waals surface area contributed by atoms with Gasteiger partial charge in [0.15, 0.2) is 0 Å². The third-order valence-corrected chi connectivity index (χ3v) is 1.99. The van der Waals surface area contributed by atoms with Crippen LogP contribution in [0.3, 0.4) is 0 Å². The van der Waals surface area contributed by atoms with Crippen LogP contribution in [0.4, 0.5) is 9.59 Å². The van der Waals surface area contributed by atoms with E-state index in [1.807, 2.05) is 0 Å². The van der Waals surface area contributed by atoms with Gasteiger partial charge in [0, 0.05) is 0 Å². The van der Waals surface area contributed by atoms with E-state index in [2.05, 4.69) is 15.4 Å². The van der Waals surface area contributed by atoms with Crippen LogP contribution in [-0.4, -0.2) is 25.9 Å². The van der Waals surface area contributed by atoms with Crippen molar-refractivity contribution in [2.75, 3.05) is 13.7 Å². The minimum atomic E-state index is -0.530. The summed E-state index contributed by atoms with van der Waals surface area (Å²) in [4.78, 5) is 21.9. The van der Waals surface area contributed by atoms with Crippen LogP contribution in [0, 0.1) is 0 Å². The molecule has 0 saturated carbocycles. The van der Waals surface area contributed by atoms with E-state index in [0.29, 0.717) is 18.1 Å². The number of furan rings is 1. The normalized spacial score (nSPS) is 9.67. The van der Waals surface area contributed by atoms with E-state index in [1.54, 1.807) is 19.1 Å². The molecule has 18 heavy (non-hydrogen) atoms. The number of hydrogen-bond donors (Lipinski definition) is 2. The van der Waals surface area contributed by atoms with E-state index in [0.717, 1.165) is 0 Å². The van der Waals surface area contributed by atoms with Crippen molar-refractivity contribution in [2.24, 2.45) is 0 Å². The molecule has 7 heteroatoms. The number of carbonyl (C=O) groups is 2. The summed E-state index contributed by atoms with van der Waals surface area (Å²) in [5.41, 5.74) is 0. The number of alkyl carbamates (subject to hydrolysis) is 2. The second-order valence-corrected chi connectivity index (χ2v) is 3.29. The summed E-state index contributed by atoms with van der Waals surface area (Å²) in [5.74, 6) is 1.14. The summed E-state index contributed by atoms with van der Waals surface area (Å²) in [6.45, 7) is 2.50. The van der Waals surface area contributed by atoms with Crippen LogP contribution >= 0.6 is 0 Å². The topological polar surface area (TPSA) is 89.8 Å².